The first-order valence-corrected chi connectivity index (χ1v) is 13.8. The van der Waals surface area contributed by atoms with Gasteiger partial charge in [-0.25, -0.2) is 9.59 Å². The largest absolute Gasteiger partial charge is 0.497 e. The number of carbonyl (C=O) groups excluding carboxylic acids is 3. The number of nitrogen functional groups attached to an aromatic ring is 1. The molecule has 2 atom stereocenters. The smallest absolute Gasteiger partial charge is 0.353 e. The molecule has 0 spiro atoms. The Bertz CT molecular complexity index is 1420. The van der Waals surface area contributed by atoms with Crippen LogP contribution in [0.2, 0.25) is 0 Å². The minimum atomic E-state index is -1.65. The average Bonchev–Trinajstić information content (AvgIpc) is 3.39. The van der Waals surface area contributed by atoms with Crippen LogP contribution in [0.4, 0.5) is 5.13 Å². The molecule has 5 N–H and O–H groups in total. The van der Waals surface area contributed by atoms with Crippen LogP contribution in [0.1, 0.15) is 25.2 Å². The van der Waals surface area contributed by atoms with Gasteiger partial charge in [-0.1, -0.05) is 17.3 Å². The summed E-state index contributed by atoms with van der Waals surface area (Å²) in [7, 11) is 1.53. The summed E-state index contributed by atoms with van der Waals surface area (Å²) < 4.78 is 14.4. The maximum atomic E-state index is 13.2. The zero-order valence-electron chi connectivity index (χ0n) is 22.0. The lowest BCUT2D eigenvalue weighted by Gasteiger charge is -2.49. The quantitative estimate of drug-likeness (QED) is 0.116. The molecule has 2 amide bonds. The number of esters is 1. The number of nitrogens with two attached hydrogens (primary N) is 1. The lowest BCUT2D eigenvalue weighted by atomic mass is 10.0. The molecule has 218 valence electrons. The van der Waals surface area contributed by atoms with Gasteiger partial charge in [0.2, 0.25) is 17.1 Å². The minimum absolute atomic E-state index is 0.0279. The van der Waals surface area contributed by atoms with E-state index in [0.717, 1.165) is 16.4 Å². The normalized spacial score (nSPS) is 18.8. The second-order valence-electron chi connectivity index (χ2n) is 9.20. The number of carboxylic acids is 1. The standard InChI is InChI=1S/C24H26N6O9S2/c1-24(2,22(36)38-9-11-4-6-13(37-3)7-5-11)39-28-14(17-27-23(25)41-29-17)18(32)26-15-19(33)30-16(21(34)35)12(8-31)10-40-20(15)30/h4-7,15,20,31H,8-10H2,1-3H3,(H,26,32)(H,34,35)(H2,25,27,29)/b28-14-/t15-,20+/m1/s1. The highest BCUT2D eigenvalue weighted by atomic mass is 32.2. The van der Waals surface area contributed by atoms with Crippen molar-refractivity contribution in [2.75, 3.05) is 25.2 Å². The lowest BCUT2D eigenvalue weighted by molar-refractivity contribution is -0.169. The number of β-lactam (4-membered cyclic amide) rings is 1. The molecule has 15 nitrogen and oxygen atoms in total. The number of rotatable bonds is 11. The molecule has 0 saturated carbocycles. The van der Waals surface area contributed by atoms with Crippen molar-refractivity contribution in [3.63, 3.8) is 0 Å². The highest BCUT2D eigenvalue weighted by Gasteiger charge is 2.54. The topological polar surface area (TPSA) is 216 Å². The van der Waals surface area contributed by atoms with E-state index in [-0.39, 0.29) is 34.6 Å². The summed E-state index contributed by atoms with van der Waals surface area (Å²) in [5, 5.41) is 24.7. The second-order valence-corrected chi connectivity index (χ2v) is 11.1. The van der Waals surface area contributed by atoms with E-state index in [4.69, 9.17) is 20.0 Å². The Labute approximate surface area is 241 Å². The van der Waals surface area contributed by atoms with E-state index in [9.17, 15) is 29.4 Å². The first-order valence-electron chi connectivity index (χ1n) is 11.9. The van der Waals surface area contributed by atoms with Crippen LogP contribution in [-0.4, -0.2) is 90.4 Å². The molecule has 0 unspecified atom stereocenters. The highest BCUT2D eigenvalue weighted by molar-refractivity contribution is 8.00. The molecule has 41 heavy (non-hydrogen) atoms. The van der Waals surface area contributed by atoms with Crippen LogP contribution in [0.3, 0.4) is 0 Å². The summed E-state index contributed by atoms with van der Waals surface area (Å²) >= 11 is 1.97. The van der Waals surface area contributed by atoms with Gasteiger partial charge in [0.15, 0.2) is 5.13 Å². The lowest BCUT2D eigenvalue weighted by Crippen LogP contribution is -2.71. The number of nitrogens with one attached hydrogen (secondary N) is 1. The van der Waals surface area contributed by atoms with Gasteiger partial charge < -0.3 is 35.6 Å². The van der Waals surface area contributed by atoms with Gasteiger partial charge in [-0.2, -0.15) is 9.36 Å². The fraction of sp³-hybridized carbons (Fsp3) is 0.375. The van der Waals surface area contributed by atoms with E-state index in [1.165, 1.54) is 32.7 Å². The van der Waals surface area contributed by atoms with Gasteiger partial charge in [0.25, 0.3) is 11.8 Å². The molecular formula is C24H26N6O9S2. The Morgan fingerprint density at radius 1 is 1.27 bits per heavy atom. The van der Waals surface area contributed by atoms with E-state index in [2.05, 4.69) is 19.8 Å². The molecule has 1 aromatic heterocycles. The number of anilines is 1. The third kappa shape index (κ3) is 6.26. The van der Waals surface area contributed by atoms with E-state index in [1.807, 2.05) is 0 Å². The van der Waals surface area contributed by atoms with E-state index in [1.54, 1.807) is 24.3 Å². The zero-order valence-corrected chi connectivity index (χ0v) is 23.7. The maximum absolute atomic E-state index is 13.2. The molecule has 1 fully saturated rings. The number of nitrogens with zero attached hydrogens (tertiary/aromatic N) is 4. The van der Waals surface area contributed by atoms with Gasteiger partial charge in [0.05, 0.1) is 13.7 Å². The molecule has 0 radical (unpaired) electrons. The van der Waals surface area contributed by atoms with Crippen molar-refractivity contribution in [3.8, 4) is 5.75 Å². The molecule has 4 rings (SSSR count). The van der Waals surface area contributed by atoms with E-state index in [0.29, 0.717) is 11.3 Å². The zero-order chi connectivity index (χ0) is 29.9. The number of oxime groups is 1. The molecular weight excluding hydrogens is 580 g/mol. The predicted octanol–water partition coefficient (Wildman–Crippen LogP) is 0.103. The number of aliphatic hydroxyl groups excluding tert-OH is 1. The SMILES string of the molecule is COc1ccc(COC(=O)C(C)(C)O/N=C(\C(=O)N[C@@H]2C(=O)N3C(C(=O)O)=C(CO)CS[C@@H]23)c2nsc(N)n2)cc1. The Balaban J connectivity index is 1.47. The number of aromatic nitrogens is 2. The number of benzene rings is 1. The monoisotopic (exact) mass is 606 g/mol. The Morgan fingerprint density at radius 3 is 2.56 bits per heavy atom. The van der Waals surface area contributed by atoms with Crippen molar-refractivity contribution < 1.29 is 43.7 Å². The second kappa shape index (κ2) is 12.1. The number of methoxy groups -OCH3 is 1. The summed E-state index contributed by atoms with van der Waals surface area (Å²) in [6.07, 6.45) is 0. The van der Waals surface area contributed by atoms with Crippen LogP contribution in [-0.2, 0) is 35.4 Å². The van der Waals surface area contributed by atoms with Crippen molar-refractivity contribution in [1.29, 1.82) is 0 Å². The van der Waals surface area contributed by atoms with Crippen molar-refractivity contribution in [3.05, 3.63) is 46.9 Å². The van der Waals surface area contributed by atoms with E-state index >= 15 is 0 Å². The van der Waals surface area contributed by atoms with Gasteiger partial charge in [0, 0.05) is 17.3 Å². The maximum Gasteiger partial charge on any atom is 0.353 e. The average molecular weight is 607 g/mol. The number of amides is 2. The fourth-order valence-electron chi connectivity index (χ4n) is 3.77. The van der Waals surface area contributed by atoms with Crippen LogP contribution in [0.25, 0.3) is 0 Å². The molecule has 0 aliphatic carbocycles. The third-order valence-electron chi connectivity index (χ3n) is 5.98. The van der Waals surface area contributed by atoms with Gasteiger partial charge in [0.1, 0.15) is 29.5 Å². The number of ether oxygens (including phenoxy) is 2. The summed E-state index contributed by atoms with van der Waals surface area (Å²) in [5.41, 5.74) is 4.13. The Kier molecular flexibility index (Phi) is 8.79. The van der Waals surface area contributed by atoms with Crippen LogP contribution in [0, 0.1) is 0 Å². The summed E-state index contributed by atoms with van der Waals surface area (Å²) in [5.74, 6) is -3.16. The minimum Gasteiger partial charge on any atom is -0.497 e. The van der Waals surface area contributed by atoms with Gasteiger partial charge in [-0.15, -0.1) is 11.8 Å². The Morgan fingerprint density at radius 2 is 1.98 bits per heavy atom. The Hall–Kier alpha value is -4.22. The van der Waals surface area contributed by atoms with Crippen LogP contribution < -0.4 is 15.8 Å². The molecule has 2 aliphatic heterocycles. The van der Waals surface area contributed by atoms with Gasteiger partial charge in [-0.05, 0) is 37.1 Å². The number of fused-ring (bicyclic) bond motifs is 1. The van der Waals surface area contributed by atoms with Crippen LogP contribution >= 0.6 is 23.3 Å². The molecule has 0 bridgehead atoms. The molecule has 3 heterocycles. The van der Waals surface area contributed by atoms with Gasteiger partial charge in [-0.3, -0.25) is 14.5 Å². The van der Waals surface area contributed by atoms with Crippen molar-refractivity contribution in [2.45, 2.75) is 37.5 Å². The van der Waals surface area contributed by atoms with Crippen molar-refractivity contribution in [2.24, 2.45) is 5.16 Å². The number of carbonyl (C=O) groups is 4. The van der Waals surface area contributed by atoms with Crippen molar-refractivity contribution >= 4 is 57.9 Å². The highest BCUT2D eigenvalue weighted by Crippen LogP contribution is 2.40. The number of aliphatic carboxylic acids is 1. The summed E-state index contributed by atoms with van der Waals surface area (Å²) in [6, 6.07) is 5.78. The van der Waals surface area contributed by atoms with E-state index < -0.39 is 53.1 Å². The summed E-state index contributed by atoms with van der Waals surface area (Å²) in [4.78, 5) is 60.9. The molecule has 1 aromatic carbocycles. The van der Waals surface area contributed by atoms with Crippen LogP contribution in [0.15, 0.2) is 40.7 Å². The molecule has 2 aromatic rings. The molecule has 17 heteroatoms. The number of carboxylic acid groups (broad SMARTS) is 1. The van der Waals surface area contributed by atoms with Crippen molar-refractivity contribution in [1.82, 2.24) is 19.6 Å². The number of thioether (sulfide) groups is 1. The third-order valence-corrected chi connectivity index (χ3v) is 7.86. The number of aliphatic hydroxyl groups is 1. The number of hydrogen-bond donors (Lipinski definition) is 4. The first-order chi connectivity index (χ1) is 19.5. The molecule has 2 aliphatic rings. The number of hydrogen-bond acceptors (Lipinski definition) is 14. The fourth-order valence-corrected chi connectivity index (χ4v) is 5.54. The van der Waals surface area contributed by atoms with Gasteiger partial charge >= 0.3 is 11.9 Å². The van der Waals surface area contributed by atoms with Crippen LogP contribution in [0.5, 0.6) is 5.75 Å². The first kappa shape index (κ1) is 29.8. The summed E-state index contributed by atoms with van der Waals surface area (Å²) in [6.45, 7) is 2.19. The molecule has 1 saturated heterocycles. The predicted molar refractivity (Wildman–Crippen MR) is 146 cm³/mol.